The van der Waals surface area contributed by atoms with E-state index >= 15 is 0 Å². The zero-order valence-electron chi connectivity index (χ0n) is 21.0. The molecule has 2 unspecified atom stereocenters. The number of carbonyl (C=O) groups excluding carboxylic acids is 3. The Morgan fingerprint density at radius 2 is 1.86 bits per heavy atom. The largest absolute Gasteiger partial charge is 0.444 e. The molecule has 0 spiro atoms. The molecule has 2 heterocycles. The van der Waals surface area contributed by atoms with Crippen molar-refractivity contribution in [1.29, 1.82) is 0 Å². The number of likely N-dealkylation sites (tertiary alicyclic amines) is 1. The van der Waals surface area contributed by atoms with Crippen molar-refractivity contribution in [1.82, 2.24) is 20.5 Å². The smallest absolute Gasteiger partial charge is 0.410 e. The molecule has 1 saturated heterocycles. The summed E-state index contributed by atoms with van der Waals surface area (Å²) in [6, 6.07) is 11.7. The van der Waals surface area contributed by atoms with E-state index in [-0.39, 0.29) is 24.3 Å². The van der Waals surface area contributed by atoms with E-state index in [9.17, 15) is 14.4 Å². The number of pyridine rings is 1. The Balaban J connectivity index is 1.66. The summed E-state index contributed by atoms with van der Waals surface area (Å²) in [5.74, 6) is -0.319. The highest BCUT2D eigenvalue weighted by atomic mass is 16.6. The van der Waals surface area contributed by atoms with Gasteiger partial charge in [-0.3, -0.25) is 14.5 Å². The second kappa shape index (κ2) is 10.8. The van der Waals surface area contributed by atoms with Gasteiger partial charge in [-0.05, 0) is 58.2 Å². The molecule has 0 radical (unpaired) electrons. The third-order valence-corrected chi connectivity index (χ3v) is 5.92. The van der Waals surface area contributed by atoms with E-state index < -0.39 is 23.8 Å². The molecule has 3 amide bonds. The molecule has 1 aliphatic rings. The number of aryl methyl sites for hydroxylation is 1. The average molecular weight is 482 g/mol. The van der Waals surface area contributed by atoms with E-state index in [1.54, 1.807) is 33.8 Å². The maximum Gasteiger partial charge on any atom is 0.410 e. The fraction of sp³-hybridized carbons (Fsp3) is 0.462. The molecule has 1 aromatic heterocycles. The first kappa shape index (κ1) is 26.0. The second-order valence-electron chi connectivity index (χ2n) is 9.92. The maximum absolute atomic E-state index is 13.2. The van der Waals surface area contributed by atoms with Crippen LogP contribution in [-0.4, -0.2) is 52.0 Å². The summed E-state index contributed by atoms with van der Waals surface area (Å²) in [5, 5.41) is 5.58. The molecule has 9 heteroatoms. The quantitative estimate of drug-likeness (QED) is 0.582. The lowest BCUT2D eigenvalue weighted by atomic mass is 9.96. The lowest BCUT2D eigenvalue weighted by Gasteiger charge is -2.28. The van der Waals surface area contributed by atoms with Crippen LogP contribution in [-0.2, 0) is 20.9 Å². The maximum atomic E-state index is 13.2. The van der Waals surface area contributed by atoms with Crippen molar-refractivity contribution in [2.45, 2.75) is 71.2 Å². The number of hydrogen-bond donors (Lipinski definition) is 3. The standard InChI is InChI=1S/C26H35N5O4/c1-16-19(11-12-22(27)29-16)14-28-23(32)17(2)30-24(33)21-13-20(18-9-7-6-8-10-18)15-31(21)25(34)35-26(3,4)5/h6-12,17,20-21H,13-15H2,1-5H3,(H2,27,29)(H,28,32)(H,30,33)/t17?,20?,21-/m1/s1. The van der Waals surface area contributed by atoms with Crippen LogP contribution in [0.1, 0.15) is 56.9 Å². The number of nitrogens with zero attached hydrogens (tertiary/aromatic N) is 2. The number of nitrogens with two attached hydrogens (primary N) is 1. The van der Waals surface area contributed by atoms with Gasteiger partial charge >= 0.3 is 6.09 Å². The zero-order valence-corrected chi connectivity index (χ0v) is 21.0. The van der Waals surface area contributed by atoms with Gasteiger partial charge in [-0.1, -0.05) is 36.4 Å². The molecule has 4 N–H and O–H groups in total. The zero-order chi connectivity index (χ0) is 25.8. The normalized spacial score (nSPS) is 18.6. The minimum absolute atomic E-state index is 0.00964. The predicted octanol–water partition coefficient (Wildman–Crippen LogP) is 2.89. The van der Waals surface area contributed by atoms with Crippen LogP contribution in [0.2, 0.25) is 0 Å². The van der Waals surface area contributed by atoms with E-state index in [1.165, 1.54) is 4.90 Å². The van der Waals surface area contributed by atoms with Gasteiger partial charge in [0.2, 0.25) is 11.8 Å². The molecule has 1 aliphatic heterocycles. The van der Waals surface area contributed by atoms with Crippen LogP contribution in [0.15, 0.2) is 42.5 Å². The number of nitrogen functional groups attached to an aromatic ring is 1. The molecule has 1 fully saturated rings. The van der Waals surface area contributed by atoms with Crippen LogP contribution in [0, 0.1) is 6.92 Å². The highest BCUT2D eigenvalue weighted by Crippen LogP contribution is 2.33. The molecular formula is C26H35N5O4. The third kappa shape index (κ3) is 6.94. The molecular weight excluding hydrogens is 446 g/mol. The van der Waals surface area contributed by atoms with Gasteiger partial charge in [-0.2, -0.15) is 0 Å². The minimum Gasteiger partial charge on any atom is -0.444 e. The molecule has 35 heavy (non-hydrogen) atoms. The third-order valence-electron chi connectivity index (χ3n) is 5.92. The Hall–Kier alpha value is -3.62. The summed E-state index contributed by atoms with van der Waals surface area (Å²) < 4.78 is 5.56. The monoisotopic (exact) mass is 481 g/mol. The molecule has 9 nitrogen and oxygen atoms in total. The molecule has 188 valence electrons. The number of aromatic nitrogens is 1. The van der Waals surface area contributed by atoms with Gasteiger partial charge in [0.05, 0.1) is 0 Å². The van der Waals surface area contributed by atoms with Gasteiger partial charge in [0, 0.05) is 24.7 Å². The van der Waals surface area contributed by atoms with E-state index in [1.807, 2.05) is 43.3 Å². The summed E-state index contributed by atoms with van der Waals surface area (Å²) in [6.45, 7) is 9.42. The van der Waals surface area contributed by atoms with Crippen molar-refractivity contribution >= 4 is 23.7 Å². The van der Waals surface area contributed by atoms with Crippen molar-refractivity contribution in [2.24, 2.45) is 0 Å². The topological polar surface area (TPSA) is 127 Å². The number of carbonyl (C=O) groups is 3. The average Bonchev–Trinajstić information content (AvgIpc) is 3.24. The highest BCUT2D eigenvalue weighted by molar-refractivity contribution is 5.91. The van der Waals surface area contributed by atoms with Gasteiger partial charge in [-0.25, -0.2) is 9.78 Å². The summed E-state index contributed by atoms with van der Waals surface area (Å²) in [7, 11) is 0. The van der Waals surface area contributed by atoms with Gasteiger partial charge < -0.3 is 21.1 Å². The molecule has 3 atom stereocenters. The Morgan fingerprint density at radius 3 is 2.49 bits per heavy atom. The van der Waals surface area contributed by atoms with Crippen LogP contribution in [0.3, 0.4) is 0 Å². The fourth-order valence-electron chi connectivity index (χ4n) is 4.08. The highest BCUT2D eigenvalue weighted by Gasteiger charge is 2.42. The van der Waals surface area contributed by atoms with Crippen LogP contribution in [0.25, 0.3) is 0 Å². The minimum atomic E-state index is -0.791. The predicted molar refractivity (Wildman–Crippen MR) is 133 cm³/mol. The molecule has 0 aliphatic carbocycles. The number of benzene rings is 1. The number of rotatable bonds is 6. The fourth-order valence-corrected chi connectivity index (χ4v) is 4.08. The number of anilines is 1. The SMILES string of the molecule is Cc1nc(N)ccc1CNC(=O)C(C)NC(=O)[C@H]1CC(c2ccccc2)CN1C(=O)OC(C)(C)C. The lowest BCUT2D eigenvalue weighted by Crippen LogP contribution is -2.52. The Kier molecular flexibility index (Phi) is 7.99. The number of hydrogen-bond acceptors (Lipinski definition) is 6. The van der Waals surface area contributed by atoms with Crippen LogP contribution >= 0.6 is 0 Å². The second-order valence-corrected chi connectivity index (χ2v) is 9.92. The Morgan fingerprint density at radius 1 is 1.17 bits per heavy atom. The summed E-state index contributed by atoms with van der Waals surface area (Å²) in [6.07, 6.45) is -0.0979. The summed E-state index contributed by atoms with van der Waals surface area (Å²) in [4.78, 5) is 44.4. The van der Waals surface area contributed by atoms with E-state index in [0.717, 1.165) is 16.8 Å². The van der Waals surface area contributed by atoms with Crippen LogP contribution in [0.4, 0.5) is 10.6 Å². The molecule has 0 saturated carbocycles. The van der Waals surface area contributed by atoms with Crippen molar-refractivity contribution in [3.63, 3.8) is 0 Å². The van der Waals surface area contributed by atoms with Crippen molar-refractivity contribution in [2.75, 3.05) is 12.3 Å². The number of nitrogens with one attached hydrogen (secondary N) is 2. The van der Waals surface area contributed by atoms with E-state index in [4.69, 9.17) is 10.5 Å². The molecule has 1 aromatic carbocycles. The van der Waals surface area contributed by atoms with Crippen molar-refractivity contribution in [3.8, 4) is 0 Å². The van der Waals surface area contributed by atoms with Crippen molar-refractivity contribution < 1.29 is 19.1 Å². The first-order chi connectivity index (χ1) is 16.4. The van der Waals surface area contributed by atoms with Crippen LogP contribution in [0.5, 0.6) is 0 Å². The Bertz CT molecular complexity index is 1070. The number of amides is 3. The Labute approximate surface area is 206 Å². The van der Waals surface area contributed by atoms with Gasteiger partial charge in [0.15, 0.2) is 0 Å². The molecule has 2 aromatic rings. The molecule has 0 bridgehead atoms. The summed E-state index contributed by atoms with van der Waals surface area (Å²) >= 11 is 0. The van der Waals surface area contributed by atoms with Gasteiger partial charge in [0.25, 0.3) is 0 Å². The first-order valence-electron chi connectivity index (χ1n) is 11.8. The van der Waals surface area contributed by atoms with Crippen molar-refractivity contribution in [3.05, 3.63) is 59.3 Å². The first-order valence-corrected chi connectivity index (χ1v) is 11.8. The lowest BCUT2D eigenvalue weighted by molar-refractivity contribution is -0.131. The number of ether oxygens (including phenoxy) is 1. The molecule has 3 rings (SSSR count). The summed E-state index contributed by atoms with van der Waals surface area (Å²) in [5.41, 5.74) is 7.60. The van der Waals surface area contributed by atoms with Gasteiger partial charge in [-0.15, -0.1) is 0 Å². The van der Waals surface area contributed by atoms with E-state index in [2.05, 4.69) is 15.6 Å². The van der Waals surface area contributed by atoms with E-state index in [0.29, 0.717) is 18.8 Å². The van der Waals surface area contributed by atoms with Crippen LogP contribution < -0.4 is 16.4 Å². The van der Waals surface area contributed by atoms with Gasteiger partial charge in [0.1, 0.15) is 23.5 Å².